The Morgan fingerprint density at radius 2 is 1.89 bits per heavy atom. The lowest BCUT2D eigenvalue weighted by atomic mass is 9.87. The van der Waals surface area contributed by atoms with Crippen molar-refractivity contribution in [1.29, 1.82) is 0 Å². The van der Waals surface area contributed by atoms with E-state index in [0.29, 0.717) is 0 Å². The van der Waals surface area contributed by atoms with Gasteiger partial charge in [-0.15, -0.1) is 0 Å². The number of hydrogen-bond acceptors (Lipinski definition) is 2. The molecule has 104 valence electrons. The largest absolute Gasteiger partial charge is 0.481 e. The molecule has 1 fully saturated rings. The van der Waals surface area contributed by atoms with Crippen molar-refractivity contribution in [1.82, 2.24) is 10.2 Å². The van der Waals surface area contributed by atoms with E-state index in [1.54, 1.807) is 14.0 Å². The molecule has 5 nitrogen and oxygen atoms in total. The first kappa shape index (κ1) is 14.8. The molecule has 1 atom stereocenters. The van der Waals surface area contributed by atoms with E-state index >= 15 is 0 Å². The van der Waals surface area contributed by atoms with Gasteiger partial charge in [-0.25, -0.2) is 4.79 Å². The number of amides is 2. The lowest BCUT2D eigenvalue weighted by Gasteiger charge is -2.29. The van der Waals surface area contributed by atoms with Crippen LogP contribution in [0.3, 0.4) is 0 Å². The number of carbonyl (C=O) groups excluding carboxylic acids is 1. The Morgan fingerprint density at radius 3 is 2.39 bits per heavy atom. The molecule has 1 aliphatic carbocycles. The van der Waals surface area contributed by atoms with Gasteiger partial charge >= 0.3 is 12.0 Å². The van der Waals surface area contributed by atoms with Crippen LogP contribution < -0.4 is 5.32 Å². The molecule has 1 saturated carbocycles. The van der Waals surface area contributed by atoms with Gasteiger partial charge in [0.05, 0.1) is 5.92 Å². The summed E-state index contributed by atoms with van der Waals surface area (Å²) < 4.78 is 0. The van der Waals surface area contributed by atoms with Gasteiger partial charge in [-0.1, -0.05) is 13.8 Å². The first-order chi connectivity index (χ1) is 8.40. The van der Waals surface area contributed by atoms with E-state index in [0.717, 1.165) is 31.6 Å². The van der Waals surface area contributed by atoms with Crippen molar-refractivity contribution in [2.24, 2.45) is 11.8 Å². The Balaban J connectivity index is 2.33. The summed E-state index contributed by atoms with van der Waals surface area (Å²) in [6, 6.07) is 0.0823. The smallest absolute Gasteiger partial charge is 0.317 e. The van der Waals surface area contributed by atoms with Gasteiger partial charge in [-0.2, -0.15) is 0 Å². The Kier molecular flexibility index (Phi) is 5.44. The highest BCUT2D eigenvalue weighted by atomic mass is 16.4. The van der Waals surface area contributed by atoms with Gasteiger partial charge in [0.15, 0.2) is 0 Å². The van der Waals surface area contributed by atoms with Gasteiger partial charge in [0.1, 0.15) is 0 Å². The number of hydrogen-bond donors (Lipinski definition) is 2. The summed E-state index contributed by atoms with van der Waals surface area (Å²) in [6.07, 6.45) is 4.35. The maximum absolute atomic E-state index is 11.9. The first-order valence-corrected chi connectivity index (χ1v) is 6.64. The van der Waals surface area contributed by atoms with Crippen LogP contribution in [-0.4, -0.2) is 41.6 Å². The second-order valence-corrected chi connectivity index (χ2v) is 5.53. The highest BCUT2D eigenvalue weighted by Gasteiger charge is 2.22. The fourth-order valence-corrected chi connectivity index (χ4v) is 2.26. The molecule has 1 unspecified atom stereocenters. The molecule has 0 aromatic carbocycles. The Bertz CT molecular complexity index is 299. The van der Waals surface area contributed by atoms with Crippen LogP contribution >= 0.6 is 0 Å². The van der Waals surface area contributed by atoms with E-state index in [2.05, 4.69) is 12.2 Å². The van der Waals surface area contributed by atoms with E-state index in [-0.39, 0.29) is 18.6 Å². The molecule has 0 spiro atoms. The zero-order valence-electron chi connectivity index (χ0n) is 11.5. The highest BCUT2D eigenvalue weighted by molar-refractivity contribution is 5.75. The van der Waals surface area contributed by atoms with Crippen LogP contribution in [0.1, 0.15) is 39.5 Å². The quantitative estimate of drug-likeness (QED) is 0.807. The number of urea groups is 1. The Hall–Kier alpha value is -1.26. The summed E-state index contributed by atoms with van der Waals surface area (Å²) in [4.78, 5) is 24.1. The van der Waals surface area contributed by atoms with Gasteiger partial charge < -0.3 is 15.3 Å². The van der Waals surface area contributed by atoms with Crippen molar-refractivity contribution < 1.29 is 14.7 Å². The van der Waals surface area contributed by atoms with Crippen molar-refractivity contribution in [2.75, 3.05) is 13.6 Å². The van der Waals surface area contributed by atoms with Crippen molar-refractivity contribution in [3.63, 3.8) is 0 Å². The Morgan fingerprint density at radius 1 is 1.33 bits per heavy atom. The molecule has 0 aliphatic heterocycles. The van der Waals surface area contributed by atoms with Crippen LogP contribution in [0.5, 0.6) is 0 Å². The Labute approximate surface area is 109 Å². The predicted molar refractivity (Wildman–Crippen MR) is 69.4 cm³/mol. The third-order valence-corrected chi connectivity index (χ3v) is 3.66. The predicted octanol–water partition coefficient (Wildman–Crippen LogP) is 1.93. The number of aliphatic carboxylic acids is 1. The SMILES string of the molecule is CC1CCC(NC(=O)N(C)CC(C)C(=O)O)CC1. The third kappa shape index (κ3) is 4.55. The number of rotatable bonds is 4. The van der Waals surface area contributed by atoms with Gasteiger partial charge in [0, 0.05) is 19.6 Å². The number of carboxylic acids is 1. The molecule has 0 bridgehead atoms. The van der Waals surface area contributed by atoms with E-state index in [1.807, 2.05) is 0 Å². The summed E-state index contributed by atoms with van der Waals surface area (Å²) in [5, 5.41) is 11.8. The zero-order chi connectivity index (χ0) is 13.7. The van der Waals surface area contributed by atoms with Crippen LogP contribution in [0.2, 0.25) is 0 Å². The molecule has 0 saturated heterocycles. The molecular weight excluding hydrogens is 232 g/mol. The van der Waals surface area contributed by atoms with Crippen LogP contribution in [0.25, 0.3) is 0 Å². The fraction of sp³-hybridized carbons (Fsp3) is 0.846. The van der Waals surface area contributed by atoms with Gasteiger partial charge in [-0.3, -0.25) is 4.79 Å². The fourth-order valence-electron chi connectivity index (χ4n) is 2.26. The van der Waals surface area contributed by atoms with Gasteiger partial charge in [0.2, 0.25) is 0 Å². The normalized spacial score (nSPS) is 25.3. The minimum Gasteiger partial charge on any atom is -0.481 e. The molecule has 0 heterocycles. The van der Waals surface area contributed by atoms with E-state index in [4.69, 9.17) is 5.11 Å². The minimum atomic E-state index is -0.874. The van der Waals surface area contributed by atoms with Crippen LogP contribution in [0, 0.1) is 11.8 Å². The van der Waals surface area contributed by atoms with Crippen LogP contribution in [0.15, 0.2) is 0 Å². The van der Waals surface area contributed by atoms with E-state index in [1.165, 1.54) is 4.90 Å². The molecule has 5 heteroatoms. The lowest BCUT2D eigenvalue weighted by Crippen LogP contribution is -2.46. The first-order valence-electron chi connectivity index (χ1n) is 6.64. The molecule has 1 rings (SSSR count). The van der Waals surface area contributed by atoms with Gasteiger partial charge in [-0.05, 0) is 31.6 Å². The average Bonchev–Trinajstić information content (AvgIpc) is 2.31. The maximum atomic E-state index is 11.9. The van der Waals surface area contributed by atoms with Crippen LogP contribution in [-0.2, 0) is 4.79 Å². The number of carbonyl (C=O) groups is 2. The summed E-state index contributed by atoms with van der Waals surface area (Å²) in [6.45, 7) is 4.08. The average molecular weight is 256 g/mol. The molecular formula is C13H24N2O3. The van der Waals surface area contributed by atoms with Crippen molar-refractivity contribution in [3.8, 4) is 0 Å². The van der Waals surface area contributed by atoms with E-state index < -0.39 is 11.9 Å². The molecule has 0 aromatic heterocycles. The monoisotopic (exact) mass is 256 g/mol. The summed E-state index contributed by atoms with van der Waals surface area (Å²) in [7, 11) is 1.64. The molecule has 0 radical (unpaired) electrons. The van der Waals surface area contributed by atoms with Crippen molar-refractivity contribution in [3.05, 3.63) is 0 Å². The zero-order valence-corrected chi connectivity index (χ0v) is 11.5. The molecule has 1 aliphatic rings. The molecule has 18 heavy (non-hydrogen) atoms. The van der Waals surface area contributed by atoms with Crippen molar-refractivity contribution in [2.45, 2.75) is 45.6 Å². The summed E-state index contributed by atoms with van der Waals surface area (Å²) in [5.74, 6) is -0.656. The second-order valence-electron chi connectivity index (χ2n) is 5.53. The standard InChI is InChI=1S/C13H24N2O3/c1-9-4-6-11(7-5-9)14-13(18)15(3)8-10(2)12(16)17/h9-11H,4-8H2,1-3H3,(H,14,18)(H,16,17). The molecule has 0 aromatic rings. The summed E-state index contributed by atoms with van der Waals surface area (Å²) in [5.41, 5.74) is 0. The lowest BCUT2D eigenvalue weighted by molar-refractivity contribution is -0.141. The molecule has 2 amide bonds. The van der Waals surface area contributed by atoms with E-state index in [9.17, 15) is 9.59 Å². The topological polar surface area (TPSA) is 69.6 Å². The van der Waals surface area contributed by atoms with Gasteiger partial charge in [0.25, 0.3) is 0 Å². The summed E-state index contributed by atoms with van der Waals surface area (Å²) >= 11 is 0. The van der Waals surface area contributed by atoms with Crippen LogP contribution in [0.4, 0.5) is 4.79 Å². The minimum absolute atomic E-state index is 0.164. The third-order valence-electron chi connectivity index (χ3n) is 3.66. The number of carboxylic acid groups (broad SMARTS) is 1. The number of nitrogens with one attached hydrogen (secondary N) is 1. The highest BCUT2D eigenvalue weighted by Crippen LogP contribution is 2.23. The number of nitrogens with zero attached hydrogens (tertiary/aromatic N) is 1. The maximum Gasteiger partial charge on any atom is 0.317 e. The molecule has 2 N–H and O–H groups in total. The van der Waals surface area contributed by atoms with Crippen molar-refractivity contribution >= 4 is 12.0 Å². The second kappa shape index (κ2) is 6.61.